The Morgan fingerprint density at radius 1 is 1.47 bits per heavy atom. The van der Waals surface area contributed by atoms with Gasteiger partial charge in [0.05, 0.1) is 24.0 Å². The minimum absolute atomic E-state index is 0.357. The summed E-state index contributed by atoms with van der Waals surface area (Å²) in [6, 6.07) is 1.70. The number of aliphatic carboxylic acids is 1. The molecule has 0 radical (unpaired) electrons. The van der Waals surface area contributed by atoms with Crippen molar-refractivity contribution in [3.8, 4) is 0 Å². The van der Waals surface area contributed by atoms with Gasteiger partial charge in [-0.1, -0.05) is 0 Å². The smallest absolute Gasteiger partial charge is 0.314 e. The lowest BCUT2D eigenvalue weighted by atomic mass is 9.69. The molecule has 15 heavy (non-hydrogen) atoms. The Bertz CT molecular complexity index is 333. The molecule has 0 bridgehead atoms. The maximum Gasteiger partial charge on any atom is 0.314 e. The van der Waals surface area contributed by atoms with Crippen LogP contribution < -0.4 is 0 Å². The summed E-state index contributed by atoms with van der Waals surface area (Å²) in [7, 11) is 0. The average Bonchev–Trinajstić information content (AvgIpc) is 2.72. The van der Waals surface area contributed by atoms with E-state index in [1.54, 1.807) is 6.07 Å². The second-order valence-electron chi connectivity index (χ2n) is 4.13. The van der Waals surface area contributed by atoms with Gasteiger partial charge >= 0.3 is 5.97 Å². The molecule has 0 saturated heterocycles. The summed E-state index contributed by atoms with van der Waals surface area (Å²) < 4.78 is 4.94. The molecule has 1 aliphatic rings. The highest BCUT2D eigenvalue weighted by atomic mass is 16.4. The first-order valence-electron chi connectivity index (χ1n) is 5.09. The van der Waals surface area contributed by atoms with Gasteiger partial charge in [0.1, 0.15) is 0 Å². The number of carbonyl (C=O) groups is 1. The standard InChI is InChI=1S/C11H14O4/c12-9-1-4-11(5-2-9,10(13)14)8-3-6-15-7-8/h3,6-7,9,12H,1-2,4-5H2,(H,13,14). The van der Waals surface area contributed by atoms with Crippen molar-refractivity contribution in [1.29, 1.82) is 0 Å². The molecule has 0 spiro atoms. The normalized spacial score (nSPS) is 31.4. The van der Waals surface area contributed by atoms with Gasteiger partial charge in [0.15, 0.2) is 0 Å². The summed E-state index contributed by atoms with van der Waals surface area (Å²) in [5.41, 5.74) is -0.145. The predicted molar refractivity (Wildman–Crippen MR) is 52.5 cm³/mol. The maximum atomic E-state index is 11.4. The second kappa shape index (κ2) is 3.70. The van der Waals surface area contributed by atoms with Crippen molar-refractivity contribution in [3.05, 3.63) is 24.2 Å². The molecule has 1 fully saturated rings. The summed E-state index contributed by atoms with van der Waals surface area (Å²) in [4.78, 5) is 11.4. The summed E-state index contributed by atoms with van der Waals surface area (Å²) in [6.07, 6.45) is 4.65. The summed E-state index contributed by atoms with van der Waals surface area (Å²) in [5, 5.41) is 18.7. The Kier molecular flexibility index (Phi) is 2.52. The number of rotatable bonds is 2. The van der Waals surface area contributed by atoms with Gasteiger partial charge in [-0.3, -0.25) is 4.79 Å². The van der Waals surface area contributed by atoms with E-state index in [2.05, 4.69) is 0 Å². The van der Waals surface area contributed by atoms with Crippen molar-refractivity contribution in [2.75, 3.05) is 0 Å². The third kappa shape index (κ3) is 1.65. The van der Waals surface area contributed by atoms with Crippen molar-refractivity contribution < 1.29 is 19.4 Å². The summed E-state index contributed by atoms with van der Waals surface area (Å²) >= 11 is 0. The van der Waals surface area contributed by atoms with E-state index in [0.717, 1.165) is 0 Å². The Balaban J connectivity index is 2.30. The van der Waals surface area contributed by atoms with Gasteiger partial charge in [0, 0.05) is 5.56 Å². The van der Waals surface area contributed by atoms with Gasteiger partial charge in [0.2, 0.25) is 0 Å². The van der Waals surface area contributed by atoms with E-state index >= 15 is 0 Å². The van der Waals surface area contributed by atoms with E-state index in [1.165, 1.54) is 12.5 Å². The van der Waals surface area contributed by atoms with Gasteiger partial charge < -0.3 is 14.6 Å². The van der Waals surface area contributed by atoms with Crippen LogP contribution in [0.25, 0.3) is 0 Å². The second-order valence-corrected chi connectivity index (χ2v) is 4.13. The van der Waals surface area contributed by atoms with E-state index in [4.69, 9.17) is 4.42 Å². The van der Waals surface area contributed by atoms with E-state index in [1.807, 2.05) is 0 Å². The number of aliphatic hydroxyl groups is 1. The summed E-state index contributed by atoms with van der Waals surface area (Å²) in [6.45, 7) is 0. The highest BCUT2D eigenvalue weighted by Crippen LogP contribution is 2.39. The number of carboxylic acid groups (broad SMARTS) is 1. The molecule has 2 rings (SSSR count). The largest absolute Gasteiger partial charge is 0.481 e. The monoisotopic (exact) mass is 210 g/mol. The van der Waals surface area contributed by atoms with Crippen molar-refractivity contribution in [2.45, 2.75) is 37.2 Å². The highest BCUT2D eigenvalue weighted by molar-refractivity contribution is 5.81. The fourth-order valence-corrected chi connectivity index (χ4v) is 2.26. The van der Waals surface area contributed by atoms with E-state index < -0.39 is 11.4 Å². The van der Waals surface area contributed by atoms with E-state index in [0.29, 0.717) is 31.2 Å². The lowest BCUT2D eigenvalue weighted by molar-refractivity contribution is -0.146. The zero-order chi connectivity index (χ0) is 10.9. The van der Waals surface area contributed by atoms with Crippen molar-refractivity contribution in [3.63, 3.8) is 0 Å². The van der Waals surface area contributed by atoms with Gasteiger partial charge in [-0.25, -0.2) is 0 Å². The molecule has 1 aliphatic carbocycles. The van der Waals surface area contributed by atoms with Gasteiger partial charge in [-0.2, -0.15) is 0 Å². The molecular weight excluding hydrogens is 196 g/mol. The molecule has 0 aromatic carbocycles. The van der Waals surface area contributed by atoms with Gasteiger partial charge in [-0.05, 0) is 31.7 Å². The molecule has 1 heterocycles. The number of furan rings is 1. The van der Waals surface area contributed by atoms with Crippen LogP contribution in [-0.2, 0) is 10.2 Å². The van der Waals surface area contributed by atoms with Crippen LogP contribution in [-0.4, -0.2) is 22.3 Å². The number of carboxylic acids is 1. The quantitative estimate of drug-likeness (QED) is 0.776. The van der Waals surface area contributed by atoms with Crippen LogP contribution in [0, 0.1) is 0 Å². The van der Waals surface area contributed by atoms with Crippen LogP contribution in [0.4, 0.5) is 0 Å². The topological polar surface area (TPSA) is 70.7 Å². The molecule has 4 heteroatoms. The molecule has 1 aromatic rings. The SMILES string of the molecule is O=C(O)C1(c2ccoc2)CCC(O)CC1. The molecule has 0 unspecified atom stereocenters. The maximum absolute atomic E-state index is 11.4. The first-order chi connectivity index (χ1) is 7.15. The minimum atomic E-state index is -0.855. The van der Waals surface area contributed by atoms with Crippen LogP contribution in [0.5, 0.6) is 0 Å². The van der Waals surface area contributed by atoms with Gasteiger partial charge in [0.25, 0.3) is 0 Å². The van der Waals surface area contributed by atoms with Crippen LogP contribution in [0.2, 0.25) is 0 Å². The molecule has 82 valence electrons. The molecule has 2 N–H and O–H groups in total. The van der Waals surface area contributed by atoms with Crippen molar-refractivity contribution >= 4 is 5.97 Å². The Morgan fingerprint density at radius 3 is 2.60 bits per heavy atom. The molecule has 0 amide bonds. The Labute approximate surface area is 87.5 Å². The number of aliphatic hydroxyl groups excluding tert-OH is 1. The fraction of sp³-hybridized carbons (Fsp3) is 0.545. The average molecular weight is 210 g/mol. The lowest BCUT2D eigenvalue weighted by Crippen LogP contribution is -2.40. The molecule has 1 saturated carbocycles. The highest BCUT2D eigenvalue weighted by Gasteiger charge is 2.43. The molecule has 0 aliphatic heterocycles. The van der Waals surface area contributed by atoms with Gasteiger partial charge in [-0.15, -0.1) is 0 Å². The number of hydrogen-bond donors (Lipinski definition) is 2. The first-order valence-corrected chi connectivity index (χ1v) is 5.09. The third-order valence-electron chi connectivity index (χ3n) is 3.29. The van der Waals surface area contributed by atoms with E-state index in [-0.39, 0.29) is 6.10 Å². The Hall–Kier alpha value is -1.29. The van der Waals surface area contributed by atoms with Crippen LogP contribution in [0.1, 0.15) is 31.2 Å². The van der Waals surface area contributed by atoms with Crippen molar-refractivity contribution in [1.82, 2.24) is 0 Å². The van der Waals surface area contributed by atoms with Crippen LogP contribution in [0.3, 0.4) is 0 Å². The van der Waals surface area contributed by atoms with Crippen LogP contribution in [0.15, 0.2) is 23.0 Å². The molecule has 0 atom stereocenters. The van der Waals surface area contributed by atoms with Crippen molar-refractivity contribution in [2.24, 2.45) is 0 Å². The summed E-state index contributed by atoms with van der Waals surface area (Å²) in [5.74, 6) is -0.823. The van der Waals surface area contributed by atoms with E-state index in [9.17, 15) is 15.0 Å². The lowest BCUT2D eigenvalue weighted by Gasteiger charge is -2.34. The van der Waals surface area contributed by atoms with Crippen LogP contribution >= 0.6 is 0 Å². The third-order valence-corrected chi connectivity index (χ3v) is 3.29. The molecule has 1 aromatic heterocycles. The zero-order valence-electron chi connectivity index (χ0n) is 8.35. The minimum Gasteiger partial charge on any atom is -0.481 e. The predicted octanol–water partition coefficient (Wildman–Crippen LogP) is 1.54. The molecule has 4 nitrogen and oxygen atoms in total. The number of hydrogen-bond acceptors (Lipinski definition) is 3. The first kappa shape index (κ1) is 10.2. The Morgan fingerprint density at radius 2 is 2.13 bits per heavy atom. The fourth-order valence-electron chi connectivity index (χ4n) is 2.26. The molecular formula is C11H14O4. The zero-order valence-corrected chi connectivity index (χ0v) is 8.35.